The summed E-state index contributed by atoms with van der Waals surface area (Å²) >= 11 is 0. The second-order valence-corrected chi connectivity index (χ2v) is 7.19. The van der Waals surface area contributed by atoms with Crippen molar-refractivity contribution in [3.63, 3.8) is 0 Å². The summed E-state index contributed by atoms with van der Waals surface area (Å²) in [6, 6.07) is 23.6. The van der Waals surface area contributed by atoms with E-state index in [2.05, 4.69) is 10.6 Å². The molecule has 0 aromatic heterocycles. The van der Waals surface area contributed by atoms with Crippen molar-refractivity contribution in [2.75, 3.05) is 19.7 Å². The molecule has 6 nitrogen and oxygen atoms in total. The Morgan fingerprint density at radius 1 is 0.774 bits per heavy atom. The van der Waals surface area contributed by atoms with Gasteiger partial charge in [0.2, 0.25) is 5.91 Å². The number of fused-ring (bicyclic) bond motifs is 1. The molecule has 0 saturated carbocycles. The first-order valence-corrected chi connectivity index (χ1v) is 10.3. The molecule has 6 heteroatoms. The van der Waals surface area contributed by atoms with Crippen molar-refractivity contribution in [1.82, 2.24) is 10.6 Å². The first-order valence-electron chi connectivity index (χ1n) is 10.3. The van der Waals surface area contributed by atoms with E-state index >= 15 is 0 Å². The van der Waals surface area contributed by atoms with Gasteiger partial charge in [-0.05, 0) is 34.7 Å². The molecule has 0 bridgehead atoms. The Hall–Kier alpha value is -3.67. The van der Waals surface area contributed by atoms with E-state index in [4.69, 9.17) is 4.74 Å². The fourth-order valence-corrected chi connectivity index (χ4v) is 3.27. The van der Waals surface area contributed by atoms with Crippen LogP contribution in [0, 0.1) is 0 Å². The number of carbonyl (C=O) groups excluding carboxylic acids is 3. The summed E-state index contributed by atoms with van der Waals surface area (Å²) in [5.74, 6) is -1.28. The van der Waals surface area contributed by atoms with Gasteiger partial charge in [-0.15, -0.1) is 0 Å². The molecule has 0 fully saturated rings. The van der Waals surface area contributed by atoms with E-state index in [9.17, 15) is 14.4 Å². The van der Waals surface area contributed by atoms with Gasteiger partial charge in [0.25, 0.3) is 5.91 Å². The second kappa shape index (κ2) is 11.5. The standard InChI is InChI=1S/C25H26N2O4/c28-23(16-21-13-6-12-20-11-4-5-14-22(20)21)27-17-25(30)31-18-24(29)26-15-7-10-19-8-2-1-3-9-19/h1-6,8-9,11-14H,7,10,15-18H2,(H,26,29)(H,27,28). The number of aryl methyl sites for hydroxylation is 1. The van der Waals surface area contributed by atoms with Crippen molar-refractivity contribution in [3.05, 3.63) is 83.9 Å². The molecule has 0 saturated heterocycles. The highest BCUT2D eigenvalue weighted by Gasteiger charge is 2.11. The molecule has 0 heterocycles. The van der Waals surface area contributed by atoms with Gasteiger partial charge < -0.3 is 15.4 Å². The minimum atomic E-state index is -0.647. The minimum Gasteiger partial charge on any atom is -0.454 e. The lowest BCUT2D eigenvalue weighted by atomic mass is 10.0. The predicted octanol–water partition coefficient (Wildman–Crippen LogP) is 2.79. The van der Waals surface area contributed by atoms with Crippen molar-refractivity contribution >= 4 is 28.6 Å². The van der Waals surface area contributed by atoms with Crippen LogP contribution in [0.5, 0.6) is 0 Å². The number of benzene rings is 3. The zero-order valence-corrected chi connectivity index (χ0v) is 17.3. The quantitative estimate of drug-likeness (QED) is 0.392. The van der Waals surface area contributed by atoms with Crippen LogP contribution < -0.4 is 10.6 Å². The minimum absolute atomic E-state index is 0.163. The van der Waals surface area contributed by atoms with Crippen molar-refractivity contribution in [1.29, 1.82) is 0 Å². The van der Waals surface area contributed by atoms with Crippen LogP contribution in [0.4, 0.5) is 0 Å². The Morgan fingerprint density at radius 3 is 2.35 bits per heavy atom. The van der Waals surface area contributed by atoms with Crippen LogP contribution in [0.2, 0.25) is 0 Å². The Bertz CT molecular complexity index is 1030. The Balaban J connectivity index is 1.31. The lowest BCUT2D eigenvalue weighted by molar-refractivity contribution is -0.148. The third kappa shape index (κ3) is 7.26. The summed E-state index contributed by atoms with van der Waals surface area (Å²) in [4.78, 5) is 35.8. The van der Waals surface area contributed by atoms with E-state index in [0.717, 1.165) is 29.2 Å². The zero-order valence-electron chi connectivity index (χ0n) is 17.3. The maximum Gasteiger partial charge on any atom is 0.325 e. The van der Waals surface area contributed by atoms with E-state index in [-0.39, 0.29) is 31.4 Å². The van der Waals surface area contributed by atoms with Gasteiger partial charge in [0.1, 0.15) is 6.54 Å². The number of hydrogen-bond donors (Lipinski definition) is 2. The van der Waals surface area contributed by atoms with Crippen molar-refractivity contribution < 1.29 is 19.1 Å². The molecule has 0 atom stereocenters. The molecule has 0 aliphatic heterocycles. The molecule has 31 heavy (non-hydrogen) atoms. The third-order valence-corrected chi connectivity index (χ3v) is 4.83. The molecular formula is C25H26N2O4. The van der Waals surface area contributed by atoms with Gasteiger partial charge in [0.15, 0.2) is 6.61 Å². The molecule has 3 rings (SSSR count). The molecule has 3 aromatic rings. The molecule has 0 aliphatic carbocycles. The summed E-state index contributed by atoms with van der Waals surface area (Å²) in [6.45, 7) is -0.124. The monoisotopic (exact) mass is 418 g/mol. The smallest absolute Gasteiger partial charge is 0.325 e. The van der Waals surface area contributed by atoms with Crippen LogP contribution >= 0.6 is 0 Å². The van der Waals surface area contributed by atoms with Gasteiger partial charge in [0.05, 0.1) is 6.42 Å². The molecule has 0 aliphatic rings. The molecule has 2 N–H and O–H groups in total. The highest BCUT2D eigenvalue weighted by Crippen LogP contribution is 2.18. The highest BCUT2D eigenvalue weighted by molar-refractivity contribution is 5.91. The van der Waals surface area contributed by atoms with Crippen LogP contribution in [-0.2, 0) is 32.0 Å². The van der Waals surface area contributed by atoms with Gasteiger partial charge in [-0.3, -0.25) is 14.4 Å². The van der Waals surface area contributed by atoms with Crippen molar-refractivity contribution in [3.8, 4) is 0 Å². The zero-order chi connectivity index (χ0) is 21.9. The van der Waals surface area contributed by atoms with Crippen LogP contribution in [0.15, 0.2) is 72.8 Å². The van der Waals surface area contributed by atoms with Gasteiger partial charge in [-0.25, -0.2) is 0 Å². The van der Waals surface area contributed by atoms with Crippen LogP contribution in [-0.4, -0.2) is 37.5 Å². The molecule has 2 amide bonds. The van der Waals surface area contributed by atoms with Gasteiger partial charge in [0, 0.05) is 6.54 Å². The summed E-state index contributed by atoms with van der Waals surface area (Å²) in [6.07, 6.45) is 1.83. The lowest BCUT2D eigenvalue weighted by Gasteiger charge is -2.09. The summed E-state index contributed by atoms with van der Waals surface area (Å²) in [5.41, 5.74) is 2.10. The number of carbonyl (C=O) groups is 3. The third-order valence-electron chi connectivity index (χ3n) is 4.83. The SMILES string of the molecule is O=C(COC(=O)CNC(=O)Cc1cccc2ccccc12)NCCCc1ccccc1. The summed E-state index contributed by atoms with van der Waals surface area (Å²) < 4.78 is 4.92. The average Bonchev–Trinajstić information content (AvgIpc) is 2.80. The van der Waals surface area contributed by atoms with Crippen molar-refractivity contribution in [2.24, 2.45) is 0 Å². The van der Waals surface area contributed by atoms with Gasteiger partial charge >= 0.3 is 5.97 Å². The molecular weight excluding hydrogens is 392 g/mol. The first-order chi connectivity index (χ1) is 15.1. The molecule has 0 spiro atoms. The Morgan fingerprint density at radius 2 is 1.52 bits per heavy atom. The number of rotatable bonds is 10. The topological polar surface area (TPSA) is 84.5 Å². The van der Waals surface area contributed by atoms with E-state index in [1.807, 2.05) is 72.8 Å². The molecule has 0 unspecified atom stereocenters. The van der Waals surface area contributed by atoms with E-state index in [0.29, 0.717) is 6.54 Å². The largest absolute Gasteiger partial charge is 0.454 e. The Kier molecular flexibility index (Phi) is 8.17. The highest BCUT2D eigenvalue weighted by atomic mass is 16.5. The molecule has 3 aromatic carbocycles. The fraction of sp³-hybridized carbons (Fsp3) is 0.240. The van der Waals surface area contributed by atoms with Crippen molar-refractivity contribution in [2.45, 2.75) is 19.3 Å². The normalized spacial score (nSPS) is 10.5. The first kappa shape index (κ1) is 22.0. The maximum atomic E-state index is 12.2. The number of nitrogens with one attached hydrogen (secondary N) is 2. The Labute approximate surface area is 181 Å². The van der Waals surface area contributed by atoms with Crippen LogP contribution in [0.25, 0.3) is 10.8 Å². The predicted molar refractivity (Wildman–Crippen MR) is 119 cm³/mol. The van der Waals surface area contributed by atoms with Crippen LogP contribution in [0.3, 0.4) is 0 Å². The maximum absolute atomic E-state index is 12.2. The number of amides is 2. The molecule has 0 radical (unpaired) electrons. The number of esters is 1. The summed E-state index contributed by atoms with van der Waals surface area (Å²) in [7, 11) is 0. The van der Waals surface area contributed by atoms with E-state index in [1.165, 1.54) is 5.56 Å². The summed E-state index contributed by atoms with van der Waals surface area (Å²) in [5, 5.41) is 7.33. The van der Waals surface area contributed by atoms with E-state index < -0.39 is 5.97 Å². The average molecular weight is 418 g/mol. The van der Waals surface area contributed by atoms with Crippen LogP contribution in [0.1, 0.15) is 17.5 Å². The number of hydrogen-bond acceptors (Lipinski definition) is 4. The molecule has 160 valence electrons. The second-order valence-electron chi connectivity index (χ2n) is 7.19. The van der Waals surface area contributed by atoms with E-state index in [1.54, 1.807) is 0 Å². The van der Waals surface area contributed by atoms with Gasteiger partial charge in [-0.2, -0.15) is 0 Å². The van der Waals surface area contributed by atoms with Gasteiger partial charge in [-0.1, -0.05) is 72.8 Å². The fourth-order valence-electron chi connectivity index (χ4n) is 3.27. The lowest BCUT2D eigenvalue weighted by Crippen LogP contribution is -2.34. The number of ether oxygens (including phenoxy) is 1.